The van der Waals surface area contributed by atoms with Crippen molar-refractivity contribution in [2.75, 3.05) is 0 Å². The summed E-state index contributed by atoms with van der Waals surface area (Å²) in [6.07, 6.45) is -4.44. The quantitative estimate of drug-likeness (QED) is 0.588. The molecule has 1 rings (SSSR count). The van der Waals surface area contributed by atoms with Crippen LogP contribution in [0.4, 0.5) is 13.2 Å². The second-order valence-corrected chi connectivity index (χ2v) is 3.33. The number of carbonyl (C=O) groups is 1. The van der Waals surface area contributed by atoms with Gasteiger partial charge in [0.2, 0.25) is 0 Å². The van der Waals surface area contributed by atoms with Gasteiger partial charge < -0.3 is 0 Å². The molecule has 0 atom stereocenters. The Kier molecular flexibility index (Phi) is 3.11. The average Bonchev–Trinajstić information content (AvgIpc) is 2.01. The van der Waals surface area contributed by atoms with Crippen molar-refractivity contribution in [3.63, 3.8) is 0 Å². The molecule has 76 valence electrons. The number of rotatable bonds is 1. The van der Waals surface area contributed by atoms with Crippen LogP contribution in [0.25, 0.3) is 0 Å². The smallest absolute Gasteiger partial charge is 0.276 e. The lowest BCUT2D eigenvalue weighted by molar-refractivity contribution is -0.137. The highest BCUT2D eigenvalue weighted by Crippen LogP contribution is 2.31. The van der Waals surface area contributed by atoms with E-state index in [1.165, 1.54) is 0 Å². The Morgan fingerprint density at radius 3 is 2.29 bits per heavy atom. The minimum absolute atomic E-state index is 0.0389. The van der Waals surface area contributed by atoms with Gasteiger partial charge in [0.15, 0.2) is 0 Å². The normalized spacial score (nSPS) is 11.5. The van der Waals surface area contributed by atoms with E-state index in [1.54, 1.807) is 0 Å². The molecule has 0 heterocycles. The average molecular weight is 241 g/mol. The van der Waals surface area contributed by atoms with Gasteiger partial charge in [-0.05, 0) is 29.8 Å². The highest BCUT2D eigenvalue weighted by molar-refractivity contribution is 7.80. The fourth-order valence-electron chi connectivity index (χ4n) is 0.874. The first kappa shape index (κ1) is 11.4. The largest absolute Gasteiger partial charge is 0.416 e. The standard InChI is InChI=1S/C8H4ClF3OS/c9-7(13)5-2-1-4(3-6(5)14)8(10,11)12/h1-3,14H. The van der Waals surface area contributed by atoms with Crippen LogP contribution in [0.3, 0.4) is 0 Å². The van der Waals surface area contributed by atoms with Crippen LogP contribution in [0, 0.1) is 0 Å². The SMILES string of the molecule is O=C(Cl)c1ccc(C(F)(F)F)cc1S. The van der Waals surface area contributed by atoms with E-state index in [1.807, 2.05) is 0 Å². The van der Waals surface area contributed by atoms with Gasteiger partial charge in [-0.2, -0.15) is 13.2 Å². The van der Waals surface area contributed by atoms with E-state index in [-0.39, 0.29) is 10.5 Å². The summed E-state index contributed by atoms with van der Waals surface area (Å²) in [5, 5.41) is -0.830. The zero-order valence-electron chi connectivity index (χ0n) is 6.60. The third-order valence-corrected chi connectivity index (χ3v) is 2.11. The Morgan fingerprint density at radius 1 is 1.36 bits per heavy atom. The predicted molar refractivity (Wildman–Crippen MR) is 48.9 cm³/mol. The summed E-state index contributed by atoms with van der Waals surface area (Å²) < 4.78 is 36.4. The maximum absolute atomic E-state index is 12.1. The molecule has 0 spiro atoms. The molecule has 1 aromatic carbocycles. The second kappa shape index (κ2) is 3.82. The molecule has 0 saturated carbocycles. The van der Waals surface area contributed by atoms with Crippen LogP contribution in [-0.2, 0) is 6.18 Å². The van der Waals surface area contributed by atoms with E-state index >= 15 is 0 Å². The van der Waals surface area contributed by atoms with Gasteiger partial charge in [0, 0.05) is 10.5 Å². The number of thiol groups is 1. The Labute approximate surface area is 88.3 Å². The Morgan fingerprint density at radius 2 is 1.93 bits per heavy atom. The fraction of sp³-hybridized carbons (Fsp3) is 0.125. The summed E-state index contributed by atoms with van der Waals surface area (Å²) in [6, 6.07) is 2.55. The molecule has 6 heteroatoms. The molecule has 0 aromatic heterocycles. The summed E-state index contributed by atoms with van der Waals surface area (Å²) in [7, 11) is 0. The van der Waals surface area contributed by atoms with Gasteiger partial charge in [-0.3, -0.25) is 4.79 Å². The van der Waals surface area contributed by atoms with Crippen molar-refractivity contribution in [1.82, 2.24) is 0 Å². The lowest BCUT2D eigenvalue weighted by atomic mass is 10.1. The number of hydrogen-bond acceptors (Lipinski definition) is 2. The topological polar surface area (TPSA) is 17.1 Å². The van der Waals surface area contributed by atoms with Gasteiger partial charge in [-0.25, -0.2) is 0 Å². The lowest BCUT2D eigenvalue weighted by Gasteiger charge is -2.08. The van der Waals surface area contributed by atoms with Crippen molar-refractivity contribution in [3.05, 3.63) is 29.3 Å². The van der Waals surface area contributed by atoms with E-state index in [0.717, 1.165) is 18.2 Å². The van der Waals surface area contributed by atoms with Crippen molar-refractivity contribution in [2.45, 2.75) is 11.1 Å². The highest BCUT2D eigenvalue weighted by Gasteiger charge is 2.30. The molecule has 0 radical (unpaired) electrons. The monoisotopic (exact) mass is 240 g/mol. The Hall–Kier alpha value is -0.680. The van der Waals surface area contributed by atoms with E-state index in [4.69, 9.17) is 11.6 Å². The van der Waals surface area contributed by atoms with Crippen LogP contribution in [0.1, 0.15) is 15.9 Å². The first-order valence-electron chi connectivity index (χ1n) is 3.42. The van der Waals surface area contributed by atoms with Gasteiger partial charge in [0.25, 0.3) is 5.24 Å². The number of hydrogen-bond donors (Lipinski definition) is 1. The summed E-state index contributed by atoms with van der Waals surface area (Å²) >= 11 is 8.84. The highest BCUT2D eigenvalue weighted by atomic mass is 35.5. The van der Waals surface area contributed by atoms with Gasteiger partial charge in [0.05, 0.1) is 5.56 Å². The molecule has 0 unspecified atom stereocenters. The molecular formula is C8H4ClF3OS. The van der Waals surface area contributed by atoms with Crippen LogP contribution < -0.4 is 0 Å². The Bertz CT molecular complexity index is 375. The molecule has 0 bridgehead atoms. The van der Waals surface area contributed by atoms with Crippen LogP contribution >= 0.6 is 24.2 Å². The molecular weight excluding hydrogens is 237 g/mol. The summed E-state index contributed by atoms with van der Waals surface area (Å²) in [6.45, 7) is 0. The van der Waals surface area contributed by atoms with Crippen molar-refractivity contribution in [3.8, 4) is 0 Å². The lowest BCUT2D eigenvalue weighted by Crippen LogP contribution is -2.05. The maximum Gasteiger partial charge on any atom is 0.416 e. The molecule has 0 aliphatic heterocycles. The first-order valence-corrected chi connectivity index (χ1v) is 4.25. The zero-order valence-corrected chi connectivity index (χ0v) is 8.25. The molecule has 14 heavy (non-hydrogen) atoms. The Balaban J connectivity index is 3.20. The van der Waals surface area contributed by atoms with Crippen LogP contribution in [0.5, 0.6) is 0 Å². The van der Waals surface area contributed by atoms with Gasteiger partial charge in [-0.15, -0.1) is 12.6 Å². The number of halogens is 4. The van der Waals surface area contributed by atoms with E-state index in [2.05, 4.69) is 12.6 Å². The molecule has 1 nitrogen and oxygen atoms in total. The van der Waals surface area contributed by atoms with Gasteiger partial charge >= 0.3 is 6.18 Å². The van der Waals surface area contributed by atoms with E-state index in [9.17, 15) is 18.0 Å². The van der Waals surface area contributed by atoms with E-state index < -0.39 is 17.0 Å². The van der Waals surface area contributed by atoms with Gasteiger partial charge in [-0.1, -0.05) is 0 Å². The molecule has 0 saturated heterocycles. The molecule has 0 fully saturated rings. The first-order chi connectivity index (χ1) is 6.32. The van der Waals surface area contributed by atoms with Crippen molar-refractivity contribution in [1.29, 1.82) is 0 Å². The second-order valence-electron chi connectivity index (χ2n) is 2.50. The van der Waals surface area contributed by atoms with Crippen LogP contribution in [0.15, 0.2) is 23.1 Å². The van der Waals surface area contributed by atoms with Crippen molar-refractivity contribution < 1.29 is 18.0 Å². The fourth-order valence-corrected chi connectivity index (χ4v) is 1.42. The summed E-state index contributed by atoms with van der Waals surface area (Å²) in [5.74, 6) is 0. The summed E-state index contributed by atoms with van der Waals surface area (Å²) in [5.41, 5.74) is -0.896. The third-order valence-electron chi connectivity index (χ3n) is 1.54. The molecule has 1 aromatic rings. The van der Waals surface area contributed by atoms with Crippen molar-refractivity contribution in [2.24, 2.45) is 0 Å². The maximum atomic E-state index is 12.1. The van der Waals surface area contributed by atoms with Crippen LogP contribution in [-0.4, -0.2) is 5.24 Å². The minimum atomic E-state index is -4.44. The van der Waals surface area contributed by atoms with Gasteiger partial charge in [0.1, 0.15) is 0 Å². The van der Waals surface area contributed by atoms with Crippen molar-refractivity contribution >= 4 is 29.5 Å². The summed E-state index contributed by atoms with van der Waals surface area (Å²) in [4.78, 5) is 10.6. The molecule has 0 aliphatic carbocycles. The predicted octanol–water partition coefficient (Wildman–Crippen LogP) is 3.37. The number of benzene rings is 1. The molecule has 0 amide bonds. The van der Waals surface area contributed by atoms with Crippen LogP contribution in [0.2, 0.25) is 0 Å². The molecule has 0 N–H and O–H groups in total. The minimum Gasteiger partial charge on any atom is -0.276 e. The van der Waals surface area contributed by atoms with E-state index in [0.29, 0.717) is 0 Å². The zero-order chi connectivity index (χ0) is 10.9. The molecule has 0 aliphatic rings. The number of carbonyl (C=O) groups excluding carboxylic acids is 1. The number of alkyl halides is 3. The third kappa shape index (κ3) is 2.42.